The van der Waals surface area contributed by atoms with Gasteiger partial charge in [-0.2, -0.15) is 5.10 Å². The SMILES string of the molecule is O=C(OCCC1CCCC1)c1c(CSc2ccc(F)cc2)n(C2CC2)c2ccc(O)c(Cn3cncn3)c12. The van der Waals surface area contributed by atoms with Crippen molar-refractivity contribution in [1.29, 1.82) is 0 Å². The van der Waals surface area contributed by atoms with Crippen molar-refractivity contribution < 1.29 is 19.0 Å². The summed E-state index contributed by atoms with van der Waals surface area (Å²) in [7, 11) is 0. The lowest BCUT2D eigenvalue weighted by molar-refractivity contribution is 0.0484. The molecule has 9 heteroatoms. The zero-order valence-corrected chi connectivity index (χ0v) is 22.0. The summed E-state index contributed by atoms with van der Waals surface area (Å²) < 4.78 is 23.3. The Labute approximate surface area is 225 Å². The molecule has 0 unspecified atom stereocenters. The van der Waals surface area contributed by atoms with Crippen LogP contribution in [0.15, 0.2) is 53.9 Å². The minimum absolute atomic E-state index is 0.110. The smallest absolute Gasteiger partial charge is 0.340 e. The normalized spacial score (nSPS) is 15.9. The highest BCUT2D eigenvalue weighted by Crippen LogP contribution is 2.45. The summed E-state index contributed by atoms with van der Waals surface area (Å²) in [5, 5.41) is 15.9. The highest BCUT2D eigenvalue weighted by Gasteiger charge is 2.34. The van der Waals surface area contributed by atoms with Crippen LogP contribution < -0.4 is 0 Å². The Hall–Kier alpha value is -3.33. The lowest BCUT2D eigenvalue weighted by Crippen LogP contribution is -2.12. The summed E-state index contributed by atoms with van der Waals surface area (Å²) in [6.07, 6.45) is 10.9. The predicted molar refractivity (Wildman–Crippen MR) is 144 cm³/mol. The number of phenols is 1. The molecule has 0 spiro atoms. The Kier molecular flexibility index (Phi) is 7.10. The minimum Gasteiger partial charge on any atom is -0.508 e. The van der Waals surface area contributed by atoms with Gasteiger partial charge in [0.1, 0.15) is 24.2 Å². The number of phenolic OH excluding ortho intramolecular Hbond substituents is 1. The molecule has 0 saturated heterocycles. The molecule has 198 valence electrons. The van der Waals surface area contributed by atoms with E-state index in [0.717, 1.165) is 35.4 Å². The third-order valence-corrected chi connectivity index (χ3v) is 8.70. The molecule has 6 rings (SSSR count). The highest BCUT2D eigenvalue weighted by atomic mass is 32.2. The number of rotatable bonds is 10. The molecule has 2 saturated carbocycles. The van der Waals surface area contributed by atoms with Crippen molar-refractivity contribution in [3.63, 3.8) is 0 Å². The molecule has 0 atom stereocenters. The number of hydrogen-bond acceptors (Lipinski definition) is 6. The van der Waals surface area contributed by atoms with Gasteiger partial charge in [-0.3, -0.25) is 0 Å². The average molecular weight is 535 g/mol. The maximum atomic E-state index is 13.8. The van der Waals surface area contributed by atoms with E-state index in [-0.39, 0.29) is 24.1 Å². The molecule has 2 aliphatic carbocycles. The number of carbonyl (C=O) groups is 1. The number of fused-ring (bicyclic) bond motifs is 1. The van der Waals surface area contributed by atoms with Gasteiger partial charge < -0.3 is 14.4 Å². The van der Waals surface area contributed by atoms with Crippen LogP contribution in [0.2, 0.25) is 0 Å². The van der Waals surface area contributed by atoms with Gasteiger partial charge in [-0.15, -0.1) is 11.8 Å². The Balaban J connectivity index is 1.42. The van der Waals surface area contributed by atoms with E-state index in [1.165, 1.54) is 44.1 Å². The van der Waals surface area contributed by atoms with Crippen LogP contribution in [0.5, 0.6) is 5.75 Å². The van der Waals surface area contributed by atoms with E-state index in [0.29, 0.717) is 40.8 Å². The quantitative estimate of drug-likeness (QED) is 0.185. The molecule has 1 N–H and O–H groups in total. The molecular formula is C29H31FN4O3S. The first kappa shape index (κ1) is 25.0. The maximum absolute atomic E-state index is 13.8. The summed E-state index contributed by atoms with van der Waals surface area (Å²) in [4.78, 5) is 18.8. The Bertz CT molecular complexity index is 1420. The summed E-state index contributed by atoms with van der Waals surface area (Å²) in [5.41, 5.74) is 2.94. The molecule has 2 fully saturated rings. The molecule has 2 aromatic heterocycles. The zero-order chi connectivity index (χ0) is 26.1. The summed E-state index contributed by atoms with van der Waals surface area (Å²) >= 11 is 1.56. The lowest BCUT2D eigenvalue weighted by Gasteiger charge is -2.13. The Morgan fingerprint density at radius 3 is 2.61 bits per heavy atom. The number of aromatic nitrogens is 4. The molecule has 0 bridgehead atoms. The number of carbonyl (C=O) groups excluding carboxylic acids is 1. The molecule has 0 radical (unpaired) electrons. The Morgan fingerprint density at radius 2 is 1.89 bits per heavy atom. The van der Waals surface area contributed by atoms with Crippen molar-refractivity contribution >= 4 is 28.6 Å². The fraction of sp³-hybridized carbons (Fsp3) is 0.414. The van der Waals surface area contributed by atoms with Gasteiger partial charge in [-0.1, -0.05) is 25.7 Å². The topological polar surface area (TPSA) is 82.2 Å². The minimum atomic E-state index is -0.354. The fourth-order valence-electron chi connectivity index (χ4n) is 5.63. The van der Waals surface area contributed by atoms with Crippen LogP contribution in [0.1, 0.15) is 72.6 Å². The molecule has 0 amide bonds. The van der Waals surface area contributed by atoms with Crippen LogP contribution in [0, 0.1) is 11.7 Å². The van der Waals surface area contributed by atoms with Gasteiger partial charge in [-0.05, 0) is 61.6 Å². The van der Waals surface area contributed by atoms with E-state index in [4.69, 9.17) is 4.74 Å². The van der Waals surface area contributed by atoms with Gasteiger partial charge in [-0.25, -0.2) is 18.9 Å². The maximum Gasteiger partial charge on any atom is 0.340 e. The number of esters is 1. The van der Waals surface area contributed by atoms with Gasteiger partial charge in [0, 0.05) is 33.3 Å². The van der Waals surface area contributed by atoms with Crippen LogP contribution in [0.3, 0.4) is 0 Å². The van der Waals surface area contributed by atoms with Crippen molar-refractivity contribution in [1.82, 2.24) is 19.3 Å². The van der Waals surface area contributed by atoms with Gasteiger partial charge in [0.15, 0.2) is 0 Å². The molecular weight excluding hydrogens is 503 g/mol. The van der Waals surface area contributed by atoms with Gasteiger partial charge in [0.05, 0.1) is 24.2 Å². The highest BCUT2D eigenvalue weighted by molar-refractivity contribution is 7.98. The van der Waals surface area contributed by atoms with Crippen LogP contribution in [0.4, 0.5) is 4.39 Å². The average Bonchev–Trinajstić information content (AvgIpc) is 3.29. The van der Waals surface area contributed by atoms with Crippen molar-refractivity contribution in [3.05, 3.63) is 71.7 Å². The van der Waals surface area contributed by atoms with Gasteiger partial charge in [0.2, 0.25) is 0 Å². The number of thioether (sulfide) groups is 1. The second-order valence-corrected chi connectivity index (χ2v) is 11.3. The van der Waals surface area contributed by atoms with Gasteiger partial charge >= 0.3 is 5.97 Å². The summed E-state index contributed by atoms with van der Waals surface area (Å²) in [6.45, 7) is 0.673. The van der Waals surface area contributed by atoms with Crippen molar-refractivity contribution in [2.45, 2.75) is 68.2 Å². The number of nitrogens with zero attached hydrogens (tertiary/aromatic N) is 4. The molecule has 2 aliphatic rings. The monoisotopic (exact) mass is 534 g/mol. The van der Waals surface area contributed by atoms with Crippen LogP contribution in [-0.4, -0.2) is 37.0 Å². The number of ether oxygens (including phenoxy) is 1. The van der Waals surface area contributed by atoms with Crippen LogP contribution in [-0.2, 0) is 17.0 Å². The Morgan fingerprint density at radius 1 is 1.11 bits per heavy atom. The summed E-state index contributed by atoms with van der Waals surface area (Å²) in [6, 6.07) is 10.3. The number of halogens is 1. The van der Waals surface area contributed by atoms with Crippen LogP contribution in [0.25, 0.3) is 10.9 Å². The van der Waals surface area contributed by atoms with E-state index in [2.05, 4.69) is 14.6 Å². The van der Waals surface area contributed by atoms with Crippen molar-refractivity contribution in [3.8, 4) is 5.75 Å². The first-order valence-electron chi connectivity index (χ1n) is 13.3. The lowest BCUT2D eigenvalue weighted by atomic mass is 10.0. The molecule has 2 heterocycles. The third-order valence-electron chi connectivity index (χ3n) is 7.68. The largest absolute Gasteiger partial charge is 0.508 e. The van der Waals surface area contributed by atoms with E-state index in [1.807, 2.05) is 6.07 Å². The summed E-state index contributed by atoms with van der Waals surface area (Å²) in [5.74, 6) is 0.622. The first-order valence-corrected chi connectivity index (χ1v) is 14.3. The third kappa shape index (κ3) is 5.16. The standard InChI is InChI=1S/C29H31FN4O3S/c30-20-5-9-22(10-6-20)38-16-25-28(29(36)37-14-13-19-3-1-2-4-19)27-23(15-33-18-31-17-32-33)26(35)12-11-24(27)34(25)21-7-8-21/h5-6,9-12,17-19,21,35H,1-4,7-8,13-16H2. The zero-order valence-electron chi connectivity index (χ0n) is 21.2. The van der Waals surface area contributed by atoms with E-state index >= 15 is 0 Å². The van der Waals surface area contributed by atoms with E-state index in [9.17, 15) is 14.3 Å². The van der Waals surface area contributed by atoms with E-state index in [1.54, 1.807) is 41.0 Å². The number of hydrogen-bond donors (Lipinski definition) is 1. The molecule has 0 aliphatic heterocycles. The number of benzene rings is 2. The first-order chi connectivity index (χ1) is 18.6. The molecule has 2 aromatic carbocycles. The molecule has 38 heavy (non-hydrogen) atoms. The fourth-order valence-corrected chi connectivity index (χ4v) is 6.55. The molecule has 4 aromatic rings. The van der Waals surface area contributed by atoms with Crippen LogP contribution >= 0.6 is 11.8 Å². The second-order valence-electron chi connectivity index (χ2n) is 10.3. The predicted octanol–water partition coefficient (Wildman–Crippen LogP) is 6.49. The van der Waals surface area contributed by atoms with Gasteiger partial charge in [0.25, 0.3) is 0 Å². The van der Waals surface area contributed by atoms with Crippen molar-refractivity contribution in [2.24, 2.45) is 5.92 Å². The molecule has 7 nitrogen and oxygen atoms in total. The van der Waals surface area contributed by atoms with E-state index < -0.39 is 0 Å². The second kappa shape index (κ2) is 10.8. The van der Waals surface area contributed by atoms with Crippen molar-refractivity contribution in [2.75, 3.05) is 6.61 Å². The number of aromatic hydroxyl groups is 1.